The van der Waals surface area contributed by atoms with Crippen LogP contribution in [-0.2, 0) is 10.0 Å². The average molecular weight is 430 g/mol. The molecule has 29 heavy (non-hydrogen) atoms. The van der Waals surface area contributed by atoms with Crippen LogP contribution >= 0.6 is 0 Å². The number of benzene rings is 2. The van der Waals surface area contributed by atoms with Crippen LogP contribution in [0.15, 0.2) is 47.4 Å². The van der Waals surface area contributed by atoms with Gasteiger partial charge in [-0.3, -0.25) is 9.10 Å². The topological polar surface area (TPSA) is 66.9 Å². The normalized spacial score (nSPS) is 11.8. The van der Waals surface area contributed by atoms with E-state index in [0.717, 1.165) is 17.4 Å². The zero-order chi connectivity index (χ0) is 22.0. The van der Waals surface area contributed by atoms with E-state index < -0.39 is 28.7 Å². The van der Waals surface area contributed by atoms with Crippen molar-refractivity contribution < 1.29 is 31.1 Å². The summed E-state index contributed by atoms with van der Waals surface area (Å²) < 4.78 is 70.1. The molecule has 0 fully saturated rings. The maximum absolute atomic E-state index is 13.1. The SMILES string of the molecule is COc1ccccc1N(C)S(=O)(=O)c1ccc(C)c(C(=O)N(C)CC(F)(F)F)c1. The lowest BCUT2D eigenvalue weighted by atomic mass is 10.1. The average Bonchev–Trinajstić information content (AvgIpc) is 2.65. The lowest BCUT2D eigenvalue weighted by Gasteiger charge is -2.23. The summed E-state index contributed by atoms with van der Waals surface area (Å²) in [6, 6.07) is 10.2. The highest BCUT2D eigenvalue weighted by Gasteiger charge is 2.32. The molecule has 0 aliphatic carbocycles. The summed E-state index contributed by atoms with van der Waals surface area (Å²) in [7, 11) is -0.362. The van der Waals surface area contributed by atoms with E-state index in [1.165, 1.54) is 33.2 Å². The highest BCUT2D eigenvalue weighted by Crippen LogP contribution is 2.31. The van der Waals surface area contributed by atoms with Crippen LogP contribution in [0.25, 0.3) is 0 Å². The Hall–Kier alpha value is -2.75. The molecule has 0 aliphatic rings. The fourth-order valence-electron chi connectivity index (χ4n) is 2.72. The highest BCUT2D eigenvalue weighted by atomic mass is 32.2. The van der Waals surface area contributed by atoms with Crippen molar-refractivity contribution in [2.45, 2.75) is 18.0 Å². The highest BCUT2D eigenvalue weighted by molar-refractivity contribution is 7.92. The van der Waals surface area contributed by atoms with Gasteiger partial charge in [0.15, 0.2) is 0 Å². The molecule has 2 aromatic rings. The van der Waals surface area contributed by atoms with Gasteiger partial charge in [-0.05, 0) is 36.8 Å². The van der Waals surface area contributed by atoms with Gasteiger partial charge in [0.05, 0.1) is 17.7 Å². The van der Waals surface area contributed by atoms with Gasteiger partial charge in [-0.1, -0.05) is 18.2 Å². The molecule has 0 saturated heterocycles. The van der Waals surface area contributed by atoms with Gasteiger partial charge in [-0.2, -0.15) is 13.2 Å². The van der Waals surface area contributed by atoms with Crippen LogP contribution in [-0.4, -0.2) is 53.2 Å². The number of aryl methyl sites for hydroxylation is 1. The van der Waals surface area contributed by atoms with Crippen molar-refractivity contribution in [1.82, 2.24) is 4.90 Å². The Kier molecular flexibility index (Phi) is 6.46. The number of carbonyl (C=O) groups is 1. The van der Waals surface area contributed by atoms with Gasteiger partial charge in [0, 0.05) is 19.7 Å². The lowest BCUT2D eigenvalue weighted by molar-refractivity contribution is -0.138. The Morgan fingerprint density at radius 1 is 1.10 bits per heavy atom. The Labute approximate surface area is 167 Å². The number of alkyl halides is 3. The molecule has 0 spiro atoms. The quantitative estimate of drug-likeness (QED) is 0.704. The Morgan fingerprint density at radius 3 is 2.31 bits per heavy atom. The van der Waals surface area contributed by atoms with E-state index in [4.69, 9.17) is 4.74 Å². The minimum absolute atomic E-state index is 0.119. The van der Waals surface area contributed by atoms with E-state index in [-0.39, 0.29) is 16.1 Å². The summed E-state index contributed by atoms with van der Waals surface area (Å²) in [4.78, 5) is 12.7. The summed E-state index contributed by atoms with van der Waals surface area (Å²) in [5.74, 6) is -0.594. The molecule has 2 rings (SSSR count). The van der Waals surface area contributed by atoms with Gasteiger partial charge in [-0.15, -0.1) is 0 Å². The predicted molar refractivity (Wildman–Crippen MR) is 103 cm³/mol. The van der Waals surface area contributed by atoms with E-state index in [2.05, 4.69) is 0 Å². The molecule has 0 unspecified atom stereocenters. The maximum atomic E-state index is 13.1. The number of halogens is 3. The molecule has 0 atom stereocenters. The number of sulfonamides is 1. The van der Waals surface area contributed by atoms with Crippen molar-refractivity contribution in [1.29, 1.82) is 0 Å². The minimum atomic E-state index is -4.56. The molecular formula is C19H21F3N2O4S. The van der Waals surface area contributed by atoms with Crippen molar-refractivity contribution in [3.63, 3.8) is 0 Å². The second kappa shape index (κ2) is 8.32. The van der Waals surface area contributed by atoms with Crippen molar-refractivity contribution in [3.8, 4) is 5.75 Å². The Morgan fingerprint density at radius 2 is 1.72 bits per heavy atom. The van der Waals surface area contributed by atoms with Gasteiger partial charge in [0.25, 0.3) is 15.9 Å². The van der Waals surface area contributed by atoms with E-state index in [9.17, 15) is 26.4 Å². The summed E-state index contributed by atoms with van der Waals surface area (Å²) in [5.41, 5.74) is 0.520. The van der Waals surface area contributed by atoms with E-state index in [0.29, 0.717) is 16.2 Å². The second-order valence-electron chi connectivity index (χ2n) is 6.40. The van der Waals surface area contributed by atoms with Crippen LogP contribution in [0.5, 0.6) is 5.75 Å². The molecule has 0 bridgehead atoms. The molecule has 0 aromatic heterocycles. The molecule has 2 aromatic carbocycles. The first kappa shape index (κ1) is 22.5. The molecule has 158 valence electrons. The van der Waals surface area contributed by atoms with E-state index in [1.54, 1.807) is 24.3 Å². The van der Waals surface area contributed by atoms with Crippen molar-refractivity contribution in [2.24, 2.45) is 0 Å². The monoisotopic (exact) mass is 430 g/mol. The lowest BCUT2D eigenvalue weighted by Crippen LogP contribution is -2.36. The summed E-state index contributed by atoms with van der Waals surface area (Å²) in [5, 5.41) is 0. The third-order valence-corrected chi connectivity index (χ3v) is 6.05. The molecule has 0 aliphatic heterocycles. The predicted octanol–water partition coefficient (Wildman–Crippen LogP) is 3.46. The molecule has 0 heterocycles. The number of carbonyl (C=O) groups excluding carboxylic acids is 1. The number of hydrogen-bond acceptors (Lipinski definition) is 4. The minimum Gasteiger partial charge on any atom is -0.495 e. The molecule has 1 amide bonds. The van der Waals surface area contributed by atoms with Gasteiger partial charge in [0.1, 0.15) is 12.3 Å². The van der Waals surface area contributed by atoms with Gasteiger partial charge in [0.2, 0.25) is 0 Å². The van der Waals surface area contributed by atoms with Crippen LogP contribution < -0.4 is 9.04 Å². The van der Waals surface area contributed by atoms with Crippen LogP contribution in [0.3, 0.4) is 0 Å². The second-order valence-corrected chi connectivity index (χ2v) is 8.37. The fraction of sp³-hybridized carbons (Fsp3) is 0.316. The number of amides is 1. The fourth-order valence-corrected chi connectivity index (χ4v) is 3.95. The maximum Gasteiger partial charge on any atom is 0.406 e. The standard InChI is InChI=1S/C19H21F3N2O4S/c1-13-9-10-14(11-15(13)18(25)23(2)12-19(20,21)22)29(26,27)24(3)16-7-5-6-8-17(16)28-4/h5-11H,12H2,1-4H3. The van der Waals surface area contributed by atoms with Crippen LogP contribution in [0, 0.1) is 6.92 Å². The van der Waals surface area contributed by atoms with Crippen molar-refractivity contribution >= 4 is 21.6 Å². The first-order valence-corrected chi connectivity index (χ1v) is 9.87. The molecule has 6 nitrogen and oxygen atoms in total. The van der Waals surface area contributed by atoms with Crippen LogP contribution in [0.1, 0.15) is 15.9 Å². The molecule has 0 saturated carbocycles. The first-order chi connectivity index (χ1) is 13.4. The number of methoxy groups -OCH3 is 1. The number of ether oxygens (including phenoxy) is 1. The van der Waals surface area contributed by atoms with E-state index >= 15 is 0 Å². The number of anilines is 1. The van der Waals surface area contributed by atoms with Gasteiger partial charge in [-0.25, -0.2) is 8.42 Å². The number of rotatable bonds is 6. The zero-order valence-corrected chi connectivity index (χ0v) is 17.1. The first-order valence-electron chi connectivity index (χ1n) is 8.43. The Bertz CT molecular complexity index is 1010. The molecule has 0 radical (unpaired) electrons. The van der Waals surface area contributed by atoms with Crippen LogP contribution in [0.4, 0.5) is 18.9 Å². The zero-order valence-electron chi connectivity index (χ0n) is 16.3. The van der Waals surface area contributed by atoms with Crippen molar-refractivity contribution in [2.75, 3.05) is 32.1 Å². The summed E-state index contributed by atoms with van der Waals surface area (Å²) >= 11 is 0. The largest absolute Gasteiger partial charge is 0.495 e. The number of hydrogen-bond donors (Lipinski definition) is 0. The molecule has 0 N–H and O–H groups in total. The summed E-state index contributed by atoms with van der Waals surface area (Å²) in [6.07, 6.45) is -4.56. The Balaban J connectivity index is 2.45. The molecule has 10 heteroatoms. The number of nitrogens with zero attached hydrogens (tertiary/aromatic N) is 2. The van der Waals surface area contributed by atoms with Gasteiger partial charge < -0.3 is 9.64 Å². The number of para-hydroxylation sites is 2. The summed E-state index contributed by atoms with van der Waals surface area (Å²) in [6.45, 7) is 0.0817. The van der Waals surface area contributed by atoms with Gasteiger partial charge >= 0.3 is 6.18 Å². The van der Waals surface area contributed by atoms with Crippen molar-refractivity contribution in [3.05, 3.63) is 53.6 Å². The third-order valence-electron chi connectivity index (χ3n) is 4.29. The molecular weight excluding hydrogens is 409 g/mol. The van der Waals surface area contributed by atoms with Crippen LogP contribution in [0.2, 0.25) is 0 Å². The smallest absolute Gasteiger partial charge is 0.406 e. The third kappa shape index (κ3) is 5.00. The van der Waals surface area contributed by atoms with E-state index in [1.807, 2.05) is 0 Å².